The summed E-state index contributed by atoms with van der Waals surface area (Å²) >= 11 is 0. The van der Waals surface area contributed by atoms with Gasteiger partial charge < -0.3 is 14.2 Å². The molecule has 5 nitrogen and oxygen atoms in total. The number of aliphatic hydroxyl groups excluding tert-OH is 1. The summed E-state index contributed by atoms with van der Waals surface area (Å²) in [7, 11) is 0. The highest BCUT2D eigenvalue weighted by Crippen LogP contribution is 2.21. The van der Waals surface area contributed by atoms with Crippen molar-refractivity contribution >= 4 is 0 Å². The molecule has 0 bridgehead atoms. The second-order valence-electron chi connectivity index (χ2n) is 5.51. The van der Waals surface area contributed by atoms with E-state index >= 15 is 0 Å². The highest BCUT2D eigenvalue weighted by atomic mass is 16.5. The summed E-state index contributed by atoms with van der Waals surface area (Å²) < 4.78 is 7.12. The Kier molecular flexibility index (Phi) is 4.04. The summed E-state index contributed by atoms with van der Waals surface area (Å²) in [5.41, 5.74) is 0.919. The molecule has 104 valence electrons. The first-order chi connectivity index (χ1) is 8.97. The summed E-state index contributed by atoms with van der Waals surface area (Å²) in [5.74, 6) is 1.76. The summed E-state index contributed by atoms with van der Waals surface area (Å²) in [4.78, 5) is 4.33. The van der Waals surface area contributed by atoms with Crippen LogP contribution in [-0.4, -0.2) is 19.8 Å². The number of nitrogens with zero attached hydrogens (tertiary/aromatic N) is 3. The van der Waals surface area contributed by atoms with Crippen LogP contribution in [0.1, 0.15) is 57.0 Å². The van der Waals surface area contributed by atoms with Crippen molar-refractivity contribution < 1.29 is 9.63 Å². The summed E-state index contributed by atoms with van der Waals surface area (Å²) in [6.07, 6.45) is 3.42. The maximum atomic E-state index is 9.99. The van der Waals surface area contributed by atoms with E-state index in [0.29, 0.717) is 18.3 Å². The van der Waals surface area contributed by atoms with Crippen LogP contribution in [0.15, 0.2) is 23.0 Å². The van der Waals surface area contributed by atoms with Gasteiger partial charge in [0.1, 0.15) is 0 Å². The van der Waals surface area contributed by atoms with Gasteiger partial charge in [0.05, 0.1) is 12.6 Å². The molecule has 0 spiro atoms. The Labute approximate surface area is 113 Å². The summed E-state index contributed by atoms with van der Waals surface area (Å²) in [5, 5.41) is 13.9. The molecule has 1 unspecified atom stereocenters. The molecule has 0 saturated carbocycles. The second-order valence-corrected chi connectivity index (χ2v) is 5.51. The van der Waals surface area contributed by atoms with E-state index < -0.39 is 6.10 Å². The smallest absolute Gasteiger partial charge is 0.229 e. The minimum absolute atomic E-state index is 0.202. The fourth-order valence-electron chi connectivity index (χ4n) is 1.85. The van der Waals surface area contributed by atoms with Crippen molar-refractivity contribution in [2.45, 2.75) is 46.3 Å². The molecule has 2 rings (SSSR count). The molecule has 19 heavy (non-hydrogen) atoms. The average molecular weight is 263 g/mol. The monoisotopic (exact) mass is 263 g/mol. The van der Waals surface area contributed by atoms with Gasteiger partial charge in [-0.3, -0.25) is 0 Å². The topological polar surface area (TPSA) is 64.1 Å². The Balaban J connectivity index is 2.07. The minimum Gasteiger partial charge on any atom is -0.388 e. The lowest BCUT2D eigenvalue weighted by Crippen LogP contribution is -2.04. The van der Waals surface area contributed by atoms with Gasteiger partial charge in [-0.25, -0.2) is 0 Å². The van der Waals surface area contributed by atoms with Crippen molar-refractivity contribution in [2.75, 3.05) is 0 Å². The number of hydrogen-bond donors (Lipinski definition) is 1. The van der Waals surface area contributed by atoms with Crippen LogP contribution in [0.25, 0.3) is 0 Å². The summed E-state index contributed by atoms with van der Waals surface area (Å²) in [6.45, 7) is 8.58. The first kappa shape index (κ1) is 13.8. The molecule has 0 fully saturated rings. The van der Waals surface area contributed by atoms with Crippen LogP contribution in [0.2, 0.25) is 0 Å². The Morgan fingerprint density at radius 3 is 2.63 bits per heavy atom. The van der Waals surface area contributed by atoms with Gasteiger partial charge in [-0.1, -0.05) is 32.9 Å². The molecule has 2 heterocycles. The molecule has 2 aromatic heterocycles. The van der Waals surface area contributed by atoms with Crippen LogP contribution in [0.5, 0.6) is 0 Å². The molecule has 0 amide bonds. The molecule has 5 heteroatoms. The van der Waals surface area contributed by atoms with Crippen molar-refractivity contribution in [3.05, 3.63) is 35.7 Å². The molecule has 0 aliphatic rings. The van der Waals surface area contributed by atoms with Gasteiger partial charge in [0.25, 0.3) is 0 Å². The third-order valence-electron chi connectivity index (χ3n) is 3.05. The van der Waals surface area contributed by atoms with Crippen LogP contribution >= 0.6 is 0 Å². The van der Waals surface area contributed by atoms with Crippen molar-refractivity contribution in [3.63, 3.8) is 0 Å². The van der Waals surface area contributed by atoms with E-state index in [-0.39, 0.29) is 11.8 Å². The van der Waals surface area contributed by atoms with Gasteiger partial charge in [0, 0.05) is 18.3 Å². The highest BCUT2D eigenvalue weighted by molar-refractivity contribution is 5.14. The Bertz CT molecular complexity index is 528. The molecule has 2 aromatic rings. The molecular weight excluding hydrogens is 242 g/mol. The number of rotatable bonds is 5. The lowest BCUT2D eigenvalue weighted by Gasteiger charge is -2.12. The fourth-order valence-corrected chi connectivity index (χ4v) is 1.85. The lowest BCUT2D eigenvalue weighted by molar-refractivity contribution is 0.127. The number of hydrogen-bond acceptors (Lipinski definition) is 4. The van der Waals surface area contributed by atoms with E-state index in [2.05, 4.69) is 10.1 Å². The van der Waals surface area contributed by atoms with E-state index in [4.69, 9.17) is 4.52 Å². The number of aromatic nitrogens is 3. The zero-order valence-corrected chi connectivity index (χ0v) is 11.9. The van der Waals surface area contributed by atoms with Gasteiger partial charge in [-0.05, 0) is 17.5 Å². The maximum absolute atomic E-state index is 9.99. The van der Waals surface area contributed by atoms with Crippen molar-refractivity contribution in [2.24, 2.45) is 5.92 Å². The van der Waals surface area contributed by atoms with Crippen LogP contribution in [0.3, 0.4) is 0 Å². The zero-order valence-electron chi connectivity index (χ0n) is 11.9. The van der Waals surface area contributed by atoms with Gasteiger partial charge >= 0.3 is 0 Å². The Morgan fingerprint density at radius 1 is 1.32 bits per heavy atom. The minimum atomic E-state index is -0.433. The fraction of sp³-hybridized carbons (Fsp3) is 0.571. The standard InChI is InChI=1S/C14H21N3O2/c1-9(2)13(18)11-5-6-17(7-11)8-12-15-14(10(3)4)19-16-12/h5-7,9-10,13,18H,8H2,1-4H3. The normalized spacial score (nSPS) is 13.4. The third kappa shape index (κ3) is 3.23. The van der Waals surface area contributed by atoms with Crippen molar-refractivity contribution in [1.29, 1.82) is 0 Å². The maximum Gasteiger partial charge on any atom is 0.229 e. The quantitative estimate of drug-likeness (QED) is 0.900. The Morgan fingerprint density at radius 2 is 2.05 bits per heavy atom. The van der Waals surface area contributed by atoms with Crippen molar-refractivity contribution in [1.82, 2.24) is 14.7 Å². The Hall–Kier alpha value is -1.62. The van der Waals surface area contributed by atoms with Gasteiger partial charge in [-0.15, -0.1) is 0 Å². The first-order valence-electron chi connectivity index (χ1n) is 6.63. The SMILES string of the molecule is CC(C)c1nc(Cn2ccc(C(O)C(C)C)c2)no1. The predicted octanol–water partition coefficient (Wildman–Crippen LogP) is 2.73. The largest absolute Gasteiger partial charge is 0.388 e. The van der Waals surface area contributed by atoms with Crippen LogP contribution < -0.4 is 0 Å². The van der Waals surface area contributed by atoms with E-state index in [1.54, 1.807) is 0 Å². The van der Waals surface area contributed by atoms with Crippen molar-refractivity contribution in [3.8, 4) is 0 Å². The predicted molar refractivity (Wildman–Crippen MR) is 71.7 cm³/mol. The second kappa shape index (κ2) is 5.57. The van der Waals surface area contributed by atoms with Crippen LogP contribution in [-0.2, 0) is 6.54 Å². The van der Waals surface area contributed by atoms with E-state index in [0.717, 1.165) is 5.56 Å². The van der Waals surface area contributed by atoms with Crippen LogP contribution in [0.4, 0.5) is 0 Å². The average Bonchev–Trinajstić information content (AvgIpc) is 2.97. The molecule has 0 radical (unpaired) electrons. The van der Waals surface area contributed by atoms with Gasteiger partial charge in [0.2, 0.25) is 5.89 Å². The highest BCUT2D eigenvalue weighted by Gasteiger charge is 2.14. The number of aliphatic hydroxyl groups is 1. The van der Waals surface area contributed by atoms with Gasteiger partial charge in [-0.2, -0.15) is 4.98 Å². The van der Waals surface area contributed by atoms with Gasteiger partial charge in [0.15, 0.2) is 5.82 Å². The molecule has 0 aromatic carbocycles. The molecule has 0 saturated heterocycles. The van der Waals surface area contributed by atoms with E-state index in [1.165, 1.54) is 0 Å². The lowest BCUT2D eigenvalue weighted by atomic mass is 10.0. The van der Waals surface area contributed by atoms with Crippen LogP contribution in [0, 0.1) is 5.92 Å². The first-order valence-corrected chi connectivity index (χ1v) is 6.63. The van der Waals surface area contributed by atoms with E-state index in [1.807, 2.05) is 50.7 Å². The summed E-state index contributed by atoms with van der Waals surface area (Å²) in [6, 6.07) is 1.92. The molecule has 1 N–H and O–H groups in total. The molecule has 0 aliphatic carbocycles. The molecular formula is C14H21N3O2. The molecule has 1 atom stereocenters. The zero-order chi connectivity index (χ0) is 14.0. The van der Waals surface area contributed by atoms with E-state index in [9.17, 15) is 5.11 Å². The molecule has 0 aliphatic heterocycles. The third-order valence-corrected chi connectivity index (χ3v) is 3.05.